The van der Waals surface area contributed by atoms with E-state index in [1.54, 1.807) is 0 Å². The highest BCUT2D eigenvalue weighted by molar-refractivity contribution is 5.92. The third-order valence-corrected chi connectivity index (χ3v) is 2.27. The molecule has 1 radical (unpaired) electrons. The molecule has 0 aliphatic heterocycles. The number of fused-ring (bicyclic) bond motifs is 1. The van der Waals surface area contributed by atoms with Crippen molar-refractivity contribution in [3.05, 3.63) is 55.0 Å². The van der Waals surface area contributed by atoms with E-state index in [4.69, 9.17) is 0 Å². The van der Waals surface area contributed by atoms with Crippen LogP contribution in [-0.4, -0.2) is 5.78 Å². The van der Waals surface area contributed by atoms with Gasteiger partial charge in [-0.1, -0.05) is 42.5 Å². The minimum Gasteiger partial charge on any atom is -0.299 e. The first-order valence-electron chi connectivity index (χ1n) is 4.59. The molecule has 0 bridgehead atoms. The SMILES string of the molecule is [CH2]C(=O)Cc1cccc2ccccc12. The molecule has 0 heterocycles. The summed E-state index contributed by atoms with van der Waals surface area (Å²) in [4.78, 5) is 10.9. The van der Waals surface area contributed by atoms with Crippen LogP contribution in [0.5, 0.6) is 0 Å². The maximum Gasteiger partial charge on any atom is 0.137 e. The average molecular weight is 183 g/mol. The molecular weight excluding hydrogens is 172 g/mol. The van der Waals surface area contributed by atoms with Gasteiger partial charge in [0.05, 0.1) is 0 Å². The van der Waals surface area contributed by atoms with Crippen LogP contribution in [0.25, 0.3) is 10.8 Å². The smallest absolute Gasteiger partial charge is 0.137 e. The van der Waals surface area contributed by atoms with Crippen LogP contribution >= 0.6 is 0 Å². The summed E-state index contributed by atoms with van der Waals surface area (Å²) in [6.07, 6.45) is 0.418. The molecule has 1 heteroatoms. The standard InChI is InChI=1S/C13H11O/c1-10(14)9-12-7-4-6-11-5-2-3-8-13(11)12/h2-8H,1,9H2. The van der Waals surface area contributed by atoms with Gasteiger partial charge in [0.25, 0.3) is 0 Å². The molecule has 0 aliphatic rings. The van der Waals surface area contributed by atoms with Crippen LogP contribution in [0.2, 0.25) is 0 Å². The second-order valence-electron chi connectivity index (χ2n) is 3.35. The highest BCUT2D eigenvalue weighted by Gasteiger charge is 2.01. The molecule has 0 spiro atoms. The molecular formula is C13H11O. The van der Waals surface area contributed by atoms with E-state index in [1.807, 2.05) is 42.5 Å². The number of carbonyl (C=O) groups is 1. The fourth-order valence-electron chi connectivity index (χ4n) is 1.66. The Morgan fingerprint density at radius 1 is 1.07 bits per heavy atom. The van der Waals surface area contributed by atoms with Crippen molar-refractivity contribution in [3.8, 4) is 0 Å². The lowest BCUT2D eigenvalue weighted by atomic mass is 10.0. The average Bonchev–Trinajstić information content (AvgIpc) is 2.18. The third-order valence-electron chi connectivity index (χ3n) is 2.27. The van der Waals surface area contributed by atoms with E-state index in [9.17, 15) is 4.79 Å². The van der Waals surface area contributed by atoms with Crippen molar-refractivity contribution < 1.29 is 4.79 Å². The van der Waals surface area contributed by atoms with E-state index < -0.39 is 0 Å². The summed E-state index contributed by atoms with van der Waals surface area (Å²) in [5.74, 6) is -0.0404. The van der Waals surface area contributed by atoms with Crippen molar-refractivity contribution in [1.29, 1.82) is 0 Å². The number of Topliss-reactive ketones (excluding diaryl/α,β-unsaturated/α-hetero) is 1. The van der Waals surface area contributed by atoms with Gasteiger partial charge in [0, 0.05) is 13.3 Å². The van der Waals surface area contributed by atoms with E-state index in [2.05, 4.69) is 6.92 Å². The Labute approximate surface area is 83.4 Å². The second kappa shape index (κ2) is 3.62. The molecule has 0 N–H and O–H groups in total. The van der Waals surface area contributed by atoms with Gasteiger partial charge < -0.3 is 0 Å². The highest BCUT2D eigenvalue weighted by atomic mass is 16.1. The summed E-state index contributed by atoms with van der Waals surface area (Å²) in [7, 11) is 0. The summed E-state index contributed by atoms with van der Waals surface area (Å²) < 4.78 is 0. The predicted molar refractivity (Wildman–Crippen MR) is 58.0 cm³/mol. The second-order valence-corrected chi connectivity index (χ2v) is 3.35. The van der Waals surface area contributed by atoms with Crippen molar-refractivity contribution >= 4 is 16.6 Å². The summed E-state index contributed by atoms with van der Waals surface area (Å²) in [6, 6.07) is 14.1. The van der Waals surface area contributed by atoms with Gasteiger partial charge in [0.1, 0.15) is 5.78 Å². The molecule has 0 atom stereocenters. The van der Waals surface area contributed by atoms with Crippen LogP contribution in [0.4, 0.5) is 0 Å². The predicted octanol–water partition coefficient (Wildman–Crippen LogP) is 2.79. The molecule has 1 nitrogen and oxygen atoms in total. The molecule has 0 saturated heterocycles. The lowest BCUT2D eigenvalue weighted by Gasteiger charge is -2.03. The maximum absolute atomic E-state index is 10.9. The lowest BCUT2D eigenvalue weighted by molar-refractivity contribution is -0.114. The fraction of sp³-hybridized carbons (Fsp3) is 0.0769. The minimum absolute atomic E-state index is 0.0404. The number of benzene rings is 2. The van der Waals surface area contributed by atoms with Crippen LogP contribution in [0, 0.1) is 6.92 Å². The summed E-state index contributed by atoms with van der Waals surface area (Å²) in [6.45, 7) is 3.40. The van der Waals surface area contributed by atoms with E-state index in [-0.39, 0.29) is 5.78 Å². The van der Waals surface area contributed by atoms with E-state index in [1.165, 1.54) is 5.39 Å². The molecule has 0 fully saturated rings. The molecule has 0 aliphatic carbocycles. The topological polar surface area (TPSA) is 17.1 Å². The molecule has 0 aromatic heterocycles. The Hall–Kier alpha value is -1.63. The first-order valence-corrected chi connectivity index (χ1v) is 4.59. The molecule has 2 aromatic rings. The highest BCUT2D eigenvalue weighted by Crippen LogP contribution is 2.18. The number of hydrogen-bond acceptors (Lipinski definition) is 1. The van der Waals surface area contributed by atoms with Gasteiger partial charge >= 0.3 is 0 Å². The number of hydrogen-bond donors (Lipinski definition) is 0. The summed E-state index contributed by atoms with van der Waals surface area (Å²) >= 11 is 0. The van der Waals surface area contributed by atoms with Crippen molar-refractivity contribution in [2.45, 2.75) is 6.42 Å². The zero-order chi connectivity index (χ0) is 9.97. The van der Waals surface area contributed by atoms with Gasteiger partial charge in [-0.05, 0) is 16.3 Å². The largest absolute Gasteiger partial charge is 0.299 e. The molecule has 0 unspecified atom stereocenters. The number of ketones is 1. The molecule has 0 amide bonds. The Balaban J connectivity index is 2.59. The van der Waals surface area contributed by atoms with Crippen LogP contribution < -0.4 is 0 Å². The minimum atomic E-state index is -0.0404. The zero-order valence-corrected chi connectivity index (χ0v) is 7.86. The van der Waals surface area contributed by atoms with Gasteiger partial charge in [-0.15, -0.1) is 0 Å². The summed E-state index contributed by atoms with van der Waals surface area (Å²) in [5.41, 5.74) is 1.06. The zero-order valence-electron chi connectivity index (χ0n) is 7.86. The Morgan fingerprint density at radius 3 is 2.57 bits per heavy atom. The molecule has 2 aromatic carbocycles. The Bertz CT molecular complexity index is 466. The van der Waals surface area contributed by atoms with Crippen molar-refractivity contribution in [2.24, 2.45) is 0 Å². The third kappa shape index (κ3) is 1.67. The van der Waals surface area contributed by atoms with Gasteiger partial charge in [-0.25, -0.2) is 0 Å². The van der Waals surface area contributed by atoms with Gasteiger partial charge in [0.15, 0.2) is 0 Å². The van der Waals surface area contributed by atoms with Crippen LogP contribution in [0.1, 0.15) is 5.56 Å². The fourth-order valence-corrected chi connectivity index (χ4v) is 1.66. The Kier molecular flexibility index (Phi) is 2.32. The molecule has 2 rings (SSSR count). The van der Waals surface area contributed by atoms with Crippen molar-refractivity contribution in [3.63, 3.8) is 0 Å². The van der Waals surface area contributed by atoms with Gasteiger partial charge in [-0.2, -0.15) is 0 Å². The summed E-state index contributed by atoms with van der Waals surface area (Å²) in [5, 5.41) is 2.32. The van der Waals surface area contributed by atoms with E-state index >= 15 is 0 Å². The number of carbonyl (C=O) groups excluding carboxylic acids is 1. The number of rotatable bonds is 2. The Morgan fingerprint density at radius 2 is 1.79 bits per heavy atom. The van der Waals surface area contributed by atoms with Gasteiger partial charge in [0.2, 0.25) is 0 Å². The molecule has 14 heavy (non-hydrogen) atoms. The first-order chi connectivity index (χ1) is 6.77. The quantitative estimate of drug-likeness (QED) is 0.699. The van der Waals surface area contributed by atoms with Crippen molar-refractivity contribution in [2.75, 3.05) is 0 Å². The van der Waals surface area contributed by atoms with Crippen molar-refractivity contribution in [1.82, 2.24) is 0 Å². The van der Waals surface area contributed by atoms with Crippen LogP contribution in [-0.2, 0) is 11.2 Å². The first kappa shape index (κ1) is 8.95. The van der Waals surface area contributed by atoms with E-state index in [0.29, 0.717) is 6.42 Å². The monoisotopic (exact) mass is 183 g/mol. The molecule has 69 valence electrons. The lowest BCUT2D eigenvalue weighted by Crippen LogP contribution is -1.97. The van der Waals surface area contributed by atoms with Crippen LogP contribution in [0.15, 0.2) is 42.5 Å². The normalized spacial score (nSPS) is 10.4. The van der Waals surface area contributed by atoms with E-state index in [0.717, 1.165) is 10.9 Å². The van der Waals surface area contributed by atoms with Crippen LogP contribution in [0.3, 0.4) is 0 Å². The van der Waals surface area contributed by atoms with Gasteiger partial charge in [-0.3, -0.25) is 4.79 Å². The maximum atomic E-state index is 10.9. The molecule has 0 saturated carbocycles.